The Labute approximate surface area is 116 Å². The molecule has 2 amide bonds. The Morgan fingerprint density at radius 1 is 1.30 bits per heavy atom. The smallest absolute Gasteiger partial charge is 0.337 e. The van der Waals surface area contributed by atoms with Gasteiger partial charge < -0.3 is 20.8 Å². The normalized spacial score (nSPS) is 21.4. The molecule has 20 heavy (non-hydrogen) atoms. The van der Waals surface area contributed by atoms with Gasteiger partial charge in [0.2, 0.25) is 0 Å². The zero-order chi connectivity index (χ0) is 14.7. The van der Waals surface area contributed by atoms with Crippen LogP contribution in [-0.2, 0) is 0 Å². The van der Waals surface area contributed by atoms with Crippen LogP contribution in [0.4, 0.5) is 10.5 Å². The summed E-state index contributed by atoms with van der Waals surface area (Å²) in [5, 5.41) is 23.7. The number of carboxylic acids is 1. The third-order valence-corrected chi connectivity index (χ3v) is 3.66. The molecule has 6 heteroatoms. The number of urea groups is 1. The van der Waals surface area contributed by atoms with Crippen LogP contribution in [0.5, 0.6) is 5.75 Å². The molecule has 1 aromatic rings. The molecule has 0 saturated heterocycles. The van der Waals surface area contributed by atoms with Crippen molar-refractivity contribution in [3.63, 3.8) is 0 Å². The van der Waals surface area contributed by atoms with Crippen LogP contribution >= 0.6 is 0 Å². The first-order chi connectivity index (χ1) is 9.47. The lowest BCUT2D eigenvalue weighted by molar-refractivity contribution is 0.0697. The van der Waals surface area contributed by atoms with Crippen molar-refractivity contribution in [3.8, 4) is 5.75 Å². The summed E-state index contributed by atoms with van der Waals surface area (Å²) in [6.45, 7) is 2.08. The fraction of sp³-hybridized carbons (Fsp3) is 0.429. The van der Waals surface area contributed by atoms with Crippen LogP contribution in [0.1, 0.15) is 36.5 Å². The lowest BCUT2D eigenvalue weighted by Crippen LogP contribution is -2.39. The van der Waals surface area contributed by atoms with Crippen LogP contribution in [0.15, 0.2) is 18.2 Å². The Kier molecular flexibility index (Phi) is 4.12. The molecule has 1 fully saturated rings. The first kappa shape index (κ1) is 14.2. The number of hydrogen-bond acceptors (Lipinski definition) is 3. The number of aromatic carboxylic acids is 1. The molecule has 1 aliphatic carbocycles. The number of benzene rings is 1. The van der Waals surface area contributed by atoms with E-state index in [4.69, 9.17) is 5.11 Å². The van der Waals surface area contributed by atoms with E-state index in [2.05, 4.69) is 17.6 Å². The van der Waals surface area contributed by atoms with E-state index in [1.807, 2.05) is 0 Å². The maximum atomic E-state index is 11.9. The highest BCUT2D eigenvalue weighted by atomic mass is 16.4. The van der Waals surface area contributed by atoms with Gasteiger partial charge in [-0.2, -0.15) is 0 Å². The number of nitrogens with one attached hydrogen (secondary N) is 2. The van der Waals surface area contributed by atoms with E-state index >= 15 is 0 Å². The monoisotopic (exact) mass is 278 g/mol. The minimum Gasteiger partial charge on any atom is -0.508 e. The molecule has 1 aromatic carbocycles. The van der Waals surface area contributed by atoms with Crippen LogP contribution < -0.4 is 10.6 Å². The molecule has 0 radical (unpaired) electrons. The van der Waals surface area contributed by atoms with Crippen LogP contribution in [0, 0.1) is 5.92 Å². The van der Waals surface area contributed by atoms with E-state index < -0.39 is 12.0 Å². The third kappa shape index (κ3) is 3.20. The van der Waals surface area contributed by atoms with Crippen molar-refractivity contribution in [3.05, 3.63) is 23.8 Å². The van der Waals surface area contributed by atoms with E-state index in [0.717, 1.165) is 25.3 Å². The second-order valence-corrected chi connectivity index (χ2v) is 5.15. The number of carboxylic acid groups (broad SMARTS) is 1. The van der Waals surface area contributed by atoms with Gasteiger partial charge in [-0.25, -0.2) is 9.59 Å². The molecule has 0 aliphatic heterocycles. The lowest BCUT2D eigenvalue weighted by Gasteiger charge is -2.18. The Hall–Kier alpha value is -2.24. The van der Waals surface area contributed by atoms with Crippen LogP contribution in [0.25, 0.3) is 0 Å². The van der Waals surface area contributed by atoms with Gasteiger partial charge in [-0.15, -0.1) is 0 Å². The average Bonchev–Trinajstić information content (AvgIpc) is 2.77. The molecule has 108 valence electrons. The van der Waals surface area contributed by atoms with Crippen LogP contribution in [0.2, 0.25) is 0 Å². The minimum atomic E-state index is -1.20. The highest BCUT2D eigenvalue weighted by molar-refractivity contribution is 6.00. The molecule has 2 rings (SSSR count). The highest BCUT2D eigenvalue weighted by Crippen LogP contribution is 2.25. The molecule has 2 unspecified atom stereocenters. The largest absolute Gasteiger partial charge is 0.508 e. The summed E-state index contributed by atoms with van der Waals surface area (Å²) in [5.41, 5.74) is 0.0260. The molecular formula is C14H18N2O4. The minimum absolute atomic E-state index is 0.125. The molecule has 1 saturated carbocycles. The molecule has 6 nitrogen and oxygen atoms in total. The van der Waals surface area contributed by atoms with Gasteiger partial charge >= 0.3 is 12.0 Å². The van der Waals surface area contributed by atoms with Crippen LogP contribution in [-0.4, -0.2) is 28.3 Å². The topological polar surface area (TPSA) is 98.7 Å². The zero-order valence-electron chi connectivity index (χ0n) is 11.2. The lowest BCUT2D eigenvalue weighted by atomic mass is 10.1. The summed E-state index contributed by atoms with van der Waals surface area (Å²) in [6.07, 6.45) is 3.12. The number of phenolic OH excluding ortho intramolecular Hbond substituents is 1. The second kappa shape index (κ2) is 5.81. The Bertz CT molecular complexity index is 530. The number of aromatic hydroxyl groups is 1. The fourth-order valence-electron chi connectivity index (χ4n) is 2.50. The summed E-state index contributed by atoms with van der Waals surface area (Å²) in [6, 6.07) is 3.52. The van der Waals surface area contributed by atoms with Crippen molar-refractivity contribution in [1.29, 1.82) is 0 Å². The molecule has 4 N–H and O–H groups in total. The van der Waals surface area contributed by atoms with Gasteiger partial charge in [0.25, 0.3) is 0 Å². The first-order valence-electron chi connectivity index (χ1n) is 6.61. The number of amides is 2. The molecule has 2 atom stereocenters. The molecule has 0 heterocycles. The summed E-state index contributed by atoms with van der Waals surface area (Å²) in [5.74, 6) is -0.928. The number of phenols is 1. The molecule has 0 aromatic heterocycles. The zero-order valence-corrected chi connectivity index (χ0v) is 11.2. The SMILES string of the molecule is CC1CCCC1NC(=O)Nc1ccc(O)cc1C(=O)O. The van der Waals surface area contributed by atoms with Gasteiger partial charge in [-0.1, -0.05) is 13.3 Å². The number of carbonyl (C=O) groups is 2. The van der Waals surface area contributed by atoms with Crippen molar-refractivity contribution in [2.24, 2.45) is 5.92 Å². The van der Waals surface area contributed by atoms with Crippen LogP contribution in [0.3, 0.4) is 0 Å². The van der Waals surface area contributed by atoms with Gasteiger partial charge in [0.15, 0.2) is 0 Å². The van der Waals surface area contributed by atoms with Crippen molar-refractivity contribution in [2.45, 2.75) is 32.2 Å². The highest BCUT2D eigenvalue weighted by Gasteiger charge is 2.25. The Morgan fingerprint density at radius 3 is 2.65 bits per heavy atom. The fourth-order valence-corrected chi connectivity index (χ4v) is 2.50. The summed E-state index contributed by atoms with van der Waals surface area (Å²) < 4.78 is 0. The molecule has 0 bridgehead atoms. The first-order valence-corrected chi connectivity index (χ1v) is 6.61. The maximum Gasteiger partial charge on any atom is 0.337 e. The van der Waals surface area contributed by atoms with Gasteiger partial charge in [-0.05, 0) is 37.0 Å². The number of hydrogen-bond donors (Lipinski definition) is 4. The second-order valence-electron chi connectivity index (χ2n) is 5.15. The predicted molar refractivity (Wildman–Crippen MR) is 74.0 cm³/mol. The van der Waals surface area contributed by atoms with E-state index in [1.165, 1.54) is 12.1 Å². The van der Waals surface area contributed by atoms with Gasteiger partial charge in [-0.3, -0.25) is 0 Å². The Balaban J connectivity index is 2.06. The van der Waals surface area contributed by atoms with Crippen molar-refractivity contribution in [2.75, 3.05) is 5.32 Å². The van der Waals surface area contributed by atoms with Gasteiger partial charge in [0, 0.05) is 6.04 Å². The molecule has 1 aliphatic rings. The number of rotatable bonds is 3. The van der Waals surface area contributed by atoms with Crippen molar-refractivity contribution < 1.29 is 19.8 Å². The number of anilines is 1. The van der Waals surface area contributed by atoms with E-state index in [9.17, 15) is 14.7 Å². The van der Waals surface area contributed by atoms with Gasteiger partial charge in [0.1, 0.15) is 5.75 Å². The average molecular weight is 278 g/mol. The molecular weight excluding hydrogens is 260 g/mol. The van der Waals surface area contributed by atoms with E-state index in [-0.39, 0.29) is 23.0 Å². The summed E-state index contributed by atoms with van der Waals surface area (Å²) in [7, 11) is 0. The third-order valence-electron chi connectivity index (χ3n) is 3.66. The van der Waals surface area contributed by atoms with Gasteiger partial charge in [0.05, 0.1) is 11.3 Å². The number of carbonyl (C=O) groups excluding carboxylic acids is 1. The summed E-state index contributed by atoms with van der Waals surface area (Å²) >= 11 is 0. The standard InChI is InChI=1S/C14H18N2O4/c1-8-3-2-4-11(8)15-14(20)16-12-6-5-9(17)7-10(12)13(18)19/h5-8,11,17H,2-4H2,1H3,(H,18,19)(H2,15,16,20). The van der Waals surface area contributed by atoms with Crippen molar-refractivity contribution in [1.82, 2.24) is 5.32 Å². The van der Waals surface area contributed by atoms with E-state index in [0.29, 0.717) is 5.92 Å². The maximum absolute atomic E-state index is 11.9. The van der Waals surface area contributed by atoms with Crippen molar-refractivity contribution >= 4 is 17.7 Å². The quantitative estimate of drug-likeness (QED) is 0.638. The summed E-state index contributed by atoms with van der Waals surface area (Å²) in [4.78, 5) is 23.0. The predicted octanol–water partition coefficient (Wildman–Crippen LogP) is 2.40. The Morgan fingerprint density at radius 2 is 2.05 bits per heavy atom. The molecule has 0 spiro atoms. The van der Waals surface area contributed by atoms with E-state index in [1.54, 1.807) is 0 Å².